The third-order valence-corrected chi connectivity index (χ3v) is 2.12. The Bertz CT molecular complexity index is 314. The van der Waals surface area contributed by atoms with Gasteiger partial charge in [-0.1, -0.05) is 37.3 Å². The molecular formula is C12H14O2. The van der Waals surface area contributed by atoms with Crippen LogP contribution in [0.15, 0.2) is 30.3 Å². The summed E-state index contributed by atoms with van der Waals surface area (Å²) in [6.07, 6.45) is 1.21. The summed E-state index contributed by atoms with van der Waals surface area (Å²) in [7, 11) is 0. The zero-order valence-corrected chi connectivity index (χ0v) is 8.32. The van der Waals surface area contributed by atoms with E-state index in [9.17, 15) is 9.59 Å². The molecule has 0 aliphatic carbocycles. The van der Waals surface area contributed by atoms with Crippen molar-refractivity contribution in [2.45, 2.75) is 26.2 Å². The predicted octanol–water partition coefficient (Wildman–Crippen LogP) is 2.63. The zero-order valence-electron chi connectivity index (χ0n) is 8.32. The van der Waals surface area contributed by atoms with Crippen LogP contribution in [0, 0.1) is 0 Å². The molecule has 0 spiro atoms. The first-order valence-electron chi connectivity index (χ1n) is 4.84. The SMILES string of the molecule is CCC(=O)CCC(=O)c1ccccc1. The maximum Gasteiger partial charge on any atom is 0.163 e. The van der Waals surface area contributed by atoms with Crippen LogP contribution in [0.3, 0.4) is 0 Å². The predicted molar refractivity (Wildman–Crippen MR) is 55.3 cm³/mol. The molecule has 0 radical (unpaired) electrons. The summed E-state index contributed by atoms with van der Waals surface area (Å²) in [4.78, 5) is 22.5. The van der Waals surface area contributed by atoms with E-state index in [2.05, 4.69) is 0 Å². The van der Waals surface area contributed by atoms with Crippen LogP contribution in [-0.4, -0.2) is 11.6 Å². The Morgan fingerprint density at radius 1 is 1.07 bits per heavy atom. The fourth-order valence-corrected chi connectivity index (χ4v) is 1.20. The minimum Gasteiger partial charge on any atom is -0.300 e. The second kappa shape index (κ2) is 5.32. The van der Waals surface area contributed by atoms with Gasteiger partial charge in [0.2, 0.25) is 0 Å². The first kappa shape index (κ1) is 10.6. The van der Waals surface area contributed by atoms with Crippen LogP contribution < -0.4 is 0 Å². The Kier molecular flexibility index (Phi) is 4.05. The topological polar surface area (TPSA) is 34.1 Å². The minimum absolute atomic E-state index is 0.0485. The van der Waals surface area contributed by atoms with Crippen LogP contribution in [0.2, 0.25) is 0 Å². The van der Waals surface area contributed by atoms with Gasteiger partial charge in [0.1, 0.15) is 5.78 Å². The van der Waals surface area contributed by atoms with Gasteiger partial charge in [-0.3, -0.25) is 9.59 Å². The number of benzene rings is 1. The van der Waals surface area contributed by atoms with E-state index in [0.29, 0.717) is 24.8 Å². The van der Waals surface area contributed by atoms with Crippen LogP contribution in [0.1, 0.15) is 36.5 Å². The van der Waals surface area contributed by atoms with E-state index in [0.717, 1.165) is 0 Å². The molecule has 2 nitrogen and oxygen atoms in total. The summed E-state index contributed by atoms with van der Waals surface area (Å²) in [6.45, 7) is 1.81. The monoisotopic (exact) mass is 190 g/mol. The number of carbonyl (C=O) groups is 2. The minimum atomic E-state index is 0.0485. The van der Waals surface area contributed by atoms with E-state index in [4.69, 9.17) is 0 Å². The maximum absolute atomic E-state index is 11.5. The van der Waals surface area contributed by atoms with Crippen LogP contribution in [0.5, 0.6) is 0 Å². The molecule has 0 aliphatic heterocycles. The van der Waals surface area contributed by atoms with E-state index in [-0.39, 0.29) is 11.6 Å². The zero-order chi connectivity index (χ0) is 10.4. The second-order valence-corrected chi connectivity index (χ2v) is 3.18. The highest BCUT2D eigenvalue weighted by molar-refractivity contribution is 5.98. The molecule has 0 N–H and O–H groups in total. The molecule has 0 saturated heterocycles. The number of Topliss-reactive ketones (excluding diaryl/α,β-unsaturated/α-hetero) is 2. The van der Waals surface area contributed by atoms with Crippen molar-refractivity contribution >= 4 is 11.6 Å². The summed E-state index contributed by atoms with van der Waals surface area (Å²) < 4.78 is 0. The van der Waals surface area contributed by atoms with Gasteiger partial charge in [0.15, 0.2) is 5.78 Å². The summed E-state index contributed by atoms with van der Waals surface area (Å²) in [6, 6.07) is 9.08. The third-order valence-electron chi connectivity index (χ3n) is 2.12. The van der Waals surface area contributed by atoms with E-state index in [1.807, 2.05) is 25.1 Å². The highest BCUT2D eigenvalue weighted by atomic mass is 16.1. The molecule has 0 bridgehead atoms. The largest absolute Gasteiger partial charge is 0.300 e. The van der Waals surface area contributed by atoms with Crippen molar-refractivity contribution in [1.29, 1.82) is 0 Å². The van der Waals surface area contributed by atoms with Crippen LogP contribution in [0.4, 0.5) is 0 Å². The summed E-state index contributed by atoms with van der Waals surface area (Å²) in [5.74, 6) is 0.196. The summed E-state index contributed by atoms with van der Waals surface area (Å²) in [5, 5.41) is 0. The van der Waals surface area contributed by atoms with E-state index < -0.39 is 0 Å². The lowest BCUT2D eigenvalue weighted by atomic mass is 10.0. The molecule has 0 aliphatic rings. The first-order valence-corrected chi connectivity index (χ1v) is 4.84. The van der Waals surface area contributed by atoms with Crippen molar-refractivity contribution in [2.24, 2.45) is 0 Å². The molecule has 0 aromatic heterocycles. The molecule has 14 heavy (non-hydrogen) atoms. The summed E-state index contributed by atoms with van der Waals surface area (Å²) in [5.41, 5.74) is 0.691. The van der Waals surface area contributed by atoms with Crippen LogP contribution in [-0.2, 0) is 4.79 Å². The highest BCUT2D eigenvalue weighted by Gasteiger charge is 2.06. The smallest absolute Gasteiger partial charge is 0.163 e. The molecule has 74 valence electrons. The van der Waals surface area contributed by atoms with Crippen molar-refractivity contribution in [2.75, 3.05) is 0 Å². The Morgan fingerprint density at radius 3 is 2.29 bits per heavy atom. The number of carbonyl (C=O) groups excluding carboxylic acids is 2. The normalized spacial score (nSPS) is 9.79. The van der Waals surface area contributed by atoms with Crippen LogP contribution >= 0.6 is 0 Å². The van der Waals surface area contributed by atoms with Gasteiger partial charge in [0.05, 0.1) is 0 Å². The molecule has 2 heteroatoms. The standard InChI is InChI=1S/C12H14O2/c1-2-11(13)8-9-12(14)10-6-4-3-5-7-10/h3-7H,2,8-9H2,1H3. The molecule has 1 aromatic rings. The van der Waals surface area contributed by atoms with Gasteiger partial charge in [-0.15, -0.1) is 0 Å². The Hall–Kier alpha value is -1.44. The third kappa shape index (κ3) is 3.13. The number of rotatable bonds is 5. The average Bonchev–Trinajstić information content (AvgIpc) is 2.26. The quantitative estimate of drug-likeness (QED) is 0.669. The molecule has 0 saturated carbocycles. The van der Waals surface area contributed by atoms with E-state index >= 15 is 0 Å². The lowest BCUT2D eigenvalue weighted by Crippen LogP contribution is -2.03. The van der Waals surface area contributed by atoms with Gasteiger partial charge in [0, 0.05) is 24.8 Å². The Labute approximate surface area is 83.9 Å². The van der Waals surface area contributed by atoms with Gasteiger partial charge >= 0.3 is 0 Å². The molecule has 0 amide bonds. The average molecular weight is 190 g/mol. The van der Waals surface area contributed by atoms with Gasteiger partial charge in [-0.2, -0.15) is 0 Å². The number of hydrogen-bond acceptors (Lipinski definition) is 2. The van der Waals surface area contributed by atoms with Crippen molar-refractivity contribution in [3.05, 3.63) is 35.9 Å². The molecule has 1 rings (SSSR count). The lowest BCUT2D eigenvalue weighted by Gasteiger charge is -1.98. The number of hydrogen-bond donors (Lipinski definition) is 0. The molecule has 0 unspecified atom stereocenters. The highest BCUT2D eigenvalue weighted by Crippen LogP contribution is 2.05. The van der Waals surface area contributed by atoms with Crippen molar-refractivity contribution < 1.29 is 9.59 Å². The molecular weight excluding hydrogens is 176 g/mol. The van der Waals surface area contributed by atoms with Gasteiger partial charge < -0.3 is 0 Å². The van der Waals surface area contributed by atoms with Crippen molar-refractivity contribution in [3.8, 4) is 0 Å². The molecule has 0 atom stereocenters. The van der Waals surface area contributed by atoms with Crippen LogP contribution in [0.25, 0.3) is 0 Å². The Morgan fingerprint density at radius 2 is 1.71 bits per heavy atom. The Balaban J connectivity index is 2.48. The van der Waals surface area contributed by atoms with E-state index in [1.165, 1.54) is 0 Å². The second-order valence-electron chi connectivity index (χ2n) is 3.18. The van der Waals surface area contributed by atoms with Gasteiger partial charge in [-0.05, 0) is 0 Å². The first-order chi connectivity index (χ1) is 6.74. The molecule has 1 aromatic carbocycles. The fraction of sp³-hybridized carbons (Fsp3) is 0.333. The molecule has 0 fully saturated rings. The fourth-order valence-electron chi connectivity index (χ4n) is 1.20. The van der Waals surface area contributed by atoms with E-state index in [1.54, 1.807) is 12.1 Å². The lowest BCUT2D eigenvalue weighted by molar-refractivity contribution is -0.118. The van der Waals surface area contributed by atoms with Gasteiger partial charge in [0.25, 0.3) is 0 Å². The van der Waals surface area contributed by atoms with Crippen molar-refractivity contribution in [3.63, 3.8) is 0 Å². The van der Waals surface area contributed by atoms with Gasteiger partial charge in [-0.25, -0.2) is 0 Å². The molecule has 0 heterocycles. The maximum atomic E-state index is 11.5. The van der Waals surface area contributed by atoms with Crippen molar-refractivity contribution in [1.82, 2.24) is 0 Å². The summed E-state index contributed by atoms with van der Waals surface area (Å²) >= 11 is 0. The number of ketones is 2.